The molecule has 3 nitrogen and oxygen atoms in total. The van der Waals surface area contributed by atoms with Crippen LogP contribution in [0.25, 0.3) is 0 Å². The van der Waals surface area contributed by atoms with E-state index in [1.54, 1.807) is 24.3 Å². The number of rotatable bonds is 4. The molecule has 0 fully saturated rings. The van der Waals surface area contributed by atoms with Crippen molar-refractivity contribution in [1.29, 1.82) is 0 Å². The molecule has 0 aliphatic heterocycles. The van der Waals surface area contributed by atoms with Gasteiger partial charge < -0.3 is 0 Å². The fraction of sp³-hybridized carbons (Fsp3) is 0.0769. The Morgan fingerprint density at radius 1 is 1.15 bits per heavy atom. The monoisotopic (exact) mass is 377 g/mol. The molecule has 0 atom stereocenters. The molecule has 1 N–H and O–H groups in total. The predicted molar refractivity (Wildman–Crippen MR) is 79.6 cm³/mol. The maximum atomic E-state index is 13.1. The second-order valence-electron chi connectivity index (χ2n) is 4.03. The van der Waals surface area contributed by atoms with E-state index in [1.807, 2.05) is 0 Å². The molecule has 0 aromatic heterocycles. The van der Waals surface area contributed by atoms with E-state index in [0.29, 0.717) is 0 Å². The van der Waals surface area contributed by atoms with Gasteiger partial charge in [-0.3, -0.25) is 0 Å². The van der Waals surface area contributed by atoms with Crippen molar-refractivity contribution in [3.63, 3.8) is 0 Å². The van der Waals surface area contributed by atoms with Gasteiger partial charge in [0.05, 0.1) is 5.02 Å². The third-order valence-electron chi connectivity index (χ3n) is 2.56. The number of hydrogen-bond acceptors (Lipinski definition) is 2. The van der Waals surface area contributed by atoms with Crippen molar-refractivity contribution in [2.45, 2.75) is 11.4 Å². The summed E-state index contributed by atoms with van der Waals surface area (Å²) in [5.41, 5.74) is 0.782. The van der Waals surface area contributed by atoms with E-state index in [-0.39, 0.29) is 16.5 Å². The van der Waals surface area contributed by atoms with Gasteiger partial charge in [0.15, 0.2) is 0 Å². The lowest BCUT2D eigenvalue weighted by Crippen LogP contribution is -2.23. The first-order valence-electron chi connectivity index (χ1n) is 5.58. The van der Waals surface area contributed by atoms with Gasteiger partial charge >= 0.3 is 0 Å². The van der Waals surface area contributed by atoms with E-state index < -0.39 is 15.8 Å². The third-order valence-corrected chi connectivity index (χ3v) is 4.97. The van der Waals surface area contributed by atoms with Gasteiger partial charge in [-0.2, -0.15) is 0 Å². The molecule has 0 heterocycles. The summed E-state index contributed by atoms with van der Waals surface area (Å²) in [6, 6.07) is 10.4. The molecular weight excluding hydrogens is 369 g/mol. The van der Waals surface area contributed by atoms with Crippen LogP contribution in [0.3, 0.4) is 0 Å². The minimum Gasteiger partial charge on any atom is -0.207 e. The summed E-state index contributed by atoms with van der Waals surface area (Å²) >= 11 is 9.08. The lowest BCUT2D eigenvalue weighted by atomic mass is 10.2. The maximum Gasteiger partial charge on any atom is 0.242 e. The van der Waals surface area contributed by atoms with Crippen LogP contribution in [-0.2, 0) is 16.6 Å². The quantitative estimate of drug-likeness (QED) is 0.881. The Bertz CT molecular complexity index is 720. The molecule has 2 aromatic rings. The normalized spacial score (nSPS) is 11.6. The van der Waals surface area contributed by atoms with Crippen molar-refractivity contribution in [2.24, 2.45) is 0 Å². The highest BCUT2D eigenvalue weighted by molar-refractivity contribution is 9.10. The fourth-order valence-electron chi connectivity index (χ4n) is 1.54. The van der Waals surface area contributed by atoms with Gasteiger partial charge in [0, 0.05) is 11.0 Å². The smallest absolute Gasteiger partial charge is 0.207 e. The maximum absolute atomic E-state index is 13.1. The van der Waals surface area contributed by atoms with Crippen molar-refractivity contribution >= 4 is 37.6 Å². The Balaban J connectivity index is 2.19. The Kier molecular flexibility index (Phi) is 4.80. The van der Waals surface area contributed by atoms with Gasteiger partial charge in [-0.05, 0) is 35.9 Å². The molecule has 0 aliphatic carbocycles. The summed E-state index contributed by atoms with van der Waals surface area (Å²) in [4.78, 5) is -0.267. The number of nitrogens with one attached hydrogen (secondary N) is 1. The number of halogens is 3. The zero-order valence-corrected chi connectivity index (χ0v) is 13.3. The number of sulfonamides is 1. The molecule has 0 unspecified atom stereocenters. The molecule has 106 valence electrons. The highest BCUT2D eigenvalue weighted by Crippen LogP contribution is 2.22. The Hall–Kier alpha value is -0.950. The minimum atomic E-state index is -3.86. The Morgan fingerprint density at radius 2 is 1.80 bits per heavy atom. The summed E-state index contributed by atoms with van der Waals surface area (Å²) in [5.74, 6) is -0.654. The summed E-state index contributed by atoms with van der Waals surface area (Å²) in [7, 11) is -3.86. The van der Waals surface area contributed by atoms with Crippen molar-refractivity contribution in [2.75, 3.05) is 0 Å². The molecule has 7 heteroatoms. The van der Waals surface area contributed by atoms with Crippen molar-refractivity contribution < 1.29 is 12.8 Å². The first-order valence-corrected chi connectivity index (χ1v) is 8.23. The van der Waals surface area contributed by atoms with Gasteiger partial charge in [0.25, 0.3) is 0 Å². The van der Waals surface area contributed by atoms with Crippen LogP contribution in [-0.4, -0.2) is 8.42 Å². The second-order valence-corrected chi connectivity index (χ2v) is 7.08. The highest BCUT2D eigenvalue weighted by atomic mass is 79.9. The summed E-state index contributed by atoms with van der Waals surface area (Å²) < 4.78 is 40.6. The molecule has 2 rings (SSSR count). The predicted octanol–water partition coefficient (Wildman–Crippen LogP) is 3.72. The van der Waals surface area contributed by atoms with Crippen LogP contribution in [0.1, 0.15) is 5.56 Å². The number of hydrogen-bond donors (Lipinski definition) is 1. The largest absolute Gasteiger partial charge is 0.242 e. The molecule has 0 spiro atoms. The average Bonchev–Trinajstić information content (AvgIpc) is 2.41. The SMILES string of the molecule is O=S(=O)(NCc1ccc(Br)cc1)c1cc(F)ccc1Cl. The molecule has 0 bridgehead atoms. The van der Waals surface area contributed by atoms with Gasteiger partial charge in [-0.25, -0.2) is 17.5 Å². The molecular formula is C13H10BrClFNO2S. The molecule has 0 radical (unpaired) electrons. The summed E-state index contributed by atoms with van der Waals surface area (Å²) in [6.45, 7) is 0.0997. The zero-order valence-electron chi connectivity index (χ0n) is 10.1. The van der Waals surface area contributed by atoms with E-state index >= 15 is 0 Å². The third kappa shape index (κ3) is 3.79. The van der Waals surface area contributed by atoms with Crippen LogP contribution >= 0.6 is 27.5 Å². The van der Waals surface area contributed by atoms with Gasteiger partial charge in [-0.15, -0.1) is 0 Å². The van der Waals surface area contributed by atoms with Crippen LogP contribution in [0.5, 0.6) is 0 Å². The molecule has 0 aliphatic rings. The van der Waals surface area contributed by atoms with Crippen LogP contribution in [0.2, 0.25) is 5.02 Å². The highest BCUT2D eigenvalue weighted by Gasteiger charge is 2.18. The van der Waals surface area contributed by atoms with Gasteiger partial charge in [0.1, 0.15) is 10.7 Å². The second kappa shape index (κ2) is 6.22. The lowest BCUT2D eigenvalue weighted by Gasteiger charge is -2.08. The van der Waals surface area contributed by atoms with E-state index in [4.69, 9.17) is 11.6 Å². The van der Waals surface area contributed by atoms with E-state index in [2.05, 4.69) is 20.7 Å². The standard InChI is InChI=1S/C13H10BrClFNO2S/c14-10-3-1-9(2-4-10)8-17-20(18,19)13-7-11(16)5-6-12(13)15/h1-7,17H,8H2. The molecule has 20 heavy (non-hydrogen) atoms. The van der Waals surface area contributed by atoms with Crippen LogP contribution in [0, 0.1) is 5.82 Å². The van der Waals surface area contributed by atoms with Crippen LogP contribution < -0.4 is 4.72 Å². The number of benzene rings is 2. The molecule has 0 amide bonds. The van der Waals surface area contributed by atoms with Crippen LogP contribution in [0.15, 0.2) is 51.8 Å². The van der Waals surface area contributed by atoms with Crippen LogP contribution in [0.4, 0.5) is 4.39 Å². The average molecular weight is 379 g/mol. The molecule has 0 saturated heterocycles. The first-order chi connectivity index (χ1) is 9.38. The van der Waals surface area contributed by atoms with Crippen molar-refractivity contribution in [1.82, 2.24) is 4.72 Å². The fourth-order valence-corrected chi connectivity index (χ4v) is 3.33. The van der Waals surface area contributed by atoms with E-state index in [0.717, 1.165) is 22.2 Å². The van der Waals surface area contributed by atoms with Crippen molar-refractivity contribution in [3.05, 3.63) is 63.3 Å². The van der Waals surface area contributed by atoms with E-state index in [1.165, 1.54) is 6.07 Å². The molecule has 2 aromatic carbocycles. The topological polar surface area (TPSA) is 46.2 Å². The summed E-state index contributed by atoms with van der Waals surface area (Å²) in [6.07, 6.45) is 0. The molecule has 0 saturated carbocycles. The zero-order chi connectivity index (χ0) is 14.8. The first kappa shape index (κ1) is 15.4. The summed E-state index contributed by atoms with van der Waals surface area (Å²) in [5, 5.41) is -0.0188. The Morgan fingerprint density at radius 3 is 2.45 bits per heavy atom. The minimum absolute atomic E-state index is 0.0188. The Labute approximate surface area is 130 Å². The van der Waals surface area contributed by atoms with Crippen molar-refractivity contribution in [3.8, 4) is 0 Å². The van der Waals surface area contributed by atoms with E-state index in [9.17, 15) is 12.8 Å². The van der Waals surface area contributed by atoms with Gasteiger partial charge in [0.2, 0.25) is 10.0 Å². The van der Waals surface area contributed by atoms with Gasteiger partial charge in [-0.1, -0.05) is 39.7 Å². The lowest BCUT2D eigenvalue weighted by molar-refractivity contribution is 0.577.